The summed E-state index contributed by atoms with van der Waals surface area (Å²) in [5, 5.41) is 10.4. The summed E-state index contributed by atoms with van der Waals surface area (Å²) >= 11 is 19.3. The molecule has 0 aliphatic carbocycles. The molecular formula is C23H15Cl3O4. The van der Waals surface area contributed by atoms with Gasteiger partial charge in [-0.05, 0) is 52.1 Å². The normalized spacial score (nSPS) is 12.5. The van der Waals surface area contributed by atoms with Crippen LogP contribution in [0.1, 0.15) is 16.7 Å². The van der Waals surface area contributed by atoms with Crippen molar-refractivity contribution in [3.63, 3.8) is 0 Å². The second-order valence-electron chi connectivity index (χ2n) is 6.68. The number of carboxylic acid groups (broad SMARTS) is 1. The fourth-order valence-corrected chi connectivity index (χ4v) is 4.05. The number of fused-ring (bicyclic) bond motifs is 1. The van der Waals surface area contributed by atoms with Gasteiger partial charge in [-0.3, -0.25) is 0 Å². The quantitative estimate of drug-likeness (QED) is 0.428. The molecule has 0 saturated heterocycles. The minimum atomic E-state index is -0.997. The number of halogens is 3. The Morgan fingerprint density at radius 1 is 0.967 bits per heavy atom. The molecule has 0 atom stereocenters. The zero-order valence-corrected chi connectivity index (χ0v) is 17.8. The molecule has 3 aromatic rings. The molecule has 4 rings (SSSR count). The largest absolute Gasteiger partial charge is 0.478 e. The molecule has 1 N–H and O–H groups in total. The predicted octanol–water partition coefficient (Wildman–Crippen LogP) is 6.73. The molecular weight excluding hydrogens is 447 g/mol. The van der Waals surface area contributed by atoms with E-state index in [0.29, 0.717) is 33.0 Å². The lowest BCUT2D eigenvalue weighted by molar-refractivity contribution is -0.131. The Kier molecular flexibility index (Phi) is 5.91. The van der Waals surface area contributed by atoms with Gasteiger partial charge < -0.3 is 14.6 Å². The van der Waals surface area contributed by atoms with Gasteiger partial charge in [-0.15, -0.1) is 0 Å². The van der Waals surface area contributed by atoms with Crippen LogP contribution in [0.4, 0.5) is 0 Å². The monoisotopic (exact) mass is 460 g/mol. The van der Waals surface area contributed by atoms with E-state index in [1.54, 1.807) is 12.1 Å². The van der Waals surface area contributed by atoms with Crippen LogP contribution >= 0.6 is 34.8 Å². The van der Waals surface area contributed by atoms with E-state index in [4.69, 9.17) is 49.4 Å². The molecule has 0 fully saturated rings. The first kappa shape index (κ1) is 20.6. The van der Waals surface area contributed by atoms with Gasteiger partial charge in [-0.2, -0.15) is 0 Å². The molecule has 4 nitrogen and oxygen atoms in total. The van der Waals surface area contributed by atoms with Crippen LogP contribution < -0.4 is 9.47 Å². The van der Waals surface area contributed by atoms with Crippen LogP contribution in [0, 0.1) is 0 Å². The highest BCUT2D eigenvalue weighted by molar-refractivity contribution is 6.36. The summed E-state index contributed by atoms with van der Waals surface area (Å²) in [6.45, 7) is 0.171. The van der Waals surface area contributed by atoms with Crippen LogP contribution in [0.2, 0.25) is 15.1 Å². The Labute approximate surface area is 188 Å². The average molecular weight is 462 g/mol. The molecule has 0 amide bonds. The van der Waals surface area contributed by atoms with E-state index in [-0.39, 0.29) is 6.79 Å². The third-order valence-corrected chi connectivity index (χ3v) is 5.62. The number of hydrogen-bond acceptors (Lipinski definition) is 3. The summed E-state index contributed by atoms with van der Waals surface area (Å²) in [5.74, 6) is 0.273. The molecule has 1 heterocycles. The summed E-state index contributed by atoms with van der Waals surface area (Å²) in [5.41, 5.74) is 4.27. The second-order valence-corrected chi connectivity index (χ2v) is 7.93. The molecule has 1 aliphatic heterocycles. The van der Waals surface area contributed by atoms with Gasteiger partial charge in [0.1, 0.15) is 0 Å². The first-order valence-corrected chi connectivity index (χ1v) is 10.1. The van der Waals surface area contributed by atoms with Crippen LogP contribution in [0.5, 0.6) is 11.5 Å². The minimum absolute atomic E-state index is 0.171. The lowest BCUT2D eigenvalue weighted by atomic mass is 9.94. The van der Waals surface area contributed by atoms with E-state index >= 15 is 0 Å². The van der Waals surface area contributed by atoms with Crippen LogP contribution in [-0.2, 0) is 11.2 Å². The summed E-state index contributed by atoms with van der Waals surface area (Å²) < 4.78 is 10.8. The highest BCUT2D eigenvalue weighted by atomic mass is 35.5. The van der Waals surface area contributed by atoms with Crippen molar-refractivity contribution in [1.82, 2.24) is 0 Å². The van der Waals surface area contributed by atoms with E-state index in [9.17, 15) is 4.79 Å². The molecule has 0 unspecified atom stereocenters. The smallest absolute Gasteiger partial charge is 0.328 e. The summed E-state index contributed by atoms with van der Waals surface area (Å²) in [6, 6.07) is 14.6. The van der Waals surface area contributed by atoms with Gasteiger partial charge in [-0.1, -0.05) is 59.1 Å². The number of carbonyl (C=O) groups is 1. The Bertz CT molecular complexity index is 1150. The van der Waals surface area contributed by atoms with E-state index in [1.807, 2.05) is 36.4 Å². The number of carboxylic acids is 1. The zero-order valence-electron chi connectivity index (χ0n) is 15.5. The lowest BCUT2D eigenvalue weighted by Gasteiger charge is -2.15. The van der Waals surface area contributed by atoms with Crippen molar-refractivity contribution < 1.29 is 19.4 Å². The Balaban J connectivity index is 1.73. The Morgan fingerprint density at radius 3 is 2.37 bits per heavy atom. The Morgan fingerprint density at radius 2 is 1.67 bits per heavy atom. The summed E-state index contributed by atoms with van der Waals surface area (Å²) in [4.78, 5) is 10.7. The number of benzene rings is 3. The van der Waals surface area contributed by atoms with Gasteiger partial charge in [0.2, 0.25) is 6.79 Å². The first-order chi connectivity index (χ1) is 14.4. The van der Waals surface area contributed by atoms with Crippen molar-refractivity contribution in [2.24, 2.45) is 0 Å². The molecule has 0 saturated carbocycles. The minimum Gasteiger partial charge on any atom is -0.478 e. The number of aliphatic carboxylic acids is 1. The molecule has 152 valence electrons. The van der Waals surface area contributed by atoms with Crippen molar-refractivity contribution in [2.75, 3.05) is 6.79 Å². The van der Waals surface area contributed by atoms with Crippen molar-refractivity contribution in [2.45, 2.75) is 6.42 Å². The Hall–Kier alpha value is -2.66. The number of rotatable bonds is 5. The topological polar surface area (TPSA) is 55.8 Å². The van der Waals surface area contributed by atoms with E-state index in [1.165, 1.54) is 6.08 Å². The maximum atomic E-state index is 10.7. The van der Waals surface area contributed by atoms with Gasteiger partial charge in [0.05, 0.1) is 0 Å². The predicted molar refractivity (Wildman–Crippen MR) is 119 cm³/mol. The van der Waals surface area contributed by atoms with E-state index in [0.717, 1.165) is 33.9 Å². The van der Waals surface area contributed by atoms with Crippen LogP contribution in [0.15, 0.2) is 54.6 Å². The lowest BCUT2D eigenvalue weighted by Crippen LogP contribution is -1.96. The number of ether oxygens (including phenoxy) is 2. The van der Waals surface area contributed by atoms with Crippen LogP contribution in [-0.4, -0.2) is 17.9 Å². The van der Waals surface area contributed by atoms with Crippen molar-refractivity contribution in [1.29, 1.82) is 0 Å². The molecule has 0 radical (unpaired) electrons. The standard InChI is InChI=1S/C23H15Cl3O4/c24-16-9-17(14-4-1-13(2-5-14)3-6-23(27)28)18(20(26)10-16)7-15-8-21-22(11-19(15)25)30-12-29-21/h1-6,8-11H,7,12H2,(H,27,28)/b6-3+. The molecule has 30 heavy (non-hydrogen) atoms. The second kappa shape index (κ2) is 8.60. The summed E-state index contributed by atoms with van der Waals surface area (Å²) in [7, 11) is 0. The highest BCUT2D eigenvalue weighted by Gasteiger charge is 2.19. The summed E-state index contributed by atoms with van der Waals surface area (Å²) in [6.07, 6.45) is 3.10. The number of hydrogen-bond donors (Lipinski definition) is 1. The van der Waals surface area contributed by atoms with Crippen LogP contribution in [0.25, 0.3) is 17.2 Å². The van der Waals surface area contributed by atoms with Gasteiger partial charge in [0.15, 0.2) is 11.5 Å². The van der Waals surface area contributed by atoms with Gasteiger partial charge >= 0.3 is 5.97 Å². The molecule has 1 aliphatic rings. The van der Waals surface area contributed by atoms with Crippen molar-refractivity contribution >= 4 is 46.8 Å². The molecule has 0 aromatic heterocycles. The fraction of sp³-hybridized carbons (Fsp3) is 0.0870. The molecule has 0 bridgehead atoms. The van der Waals surface area contributed by atoms with Crippen molar-refractivity contribution in [3.8, 4) is 22.6 Å². The van der Waals surface area contributed by atoms with Gasteiger partial charge in [0.25, 0.3) is 0 Å². The fourth-order valence-electron chi connectivity index (χ4n) is 3.27. The van der Waals surface area contributed by atoms with Crippen molar-refractivity contribution in [3.05, 3.63) is 86.4 Å². The zero-order chi connectivity index (χ0) is 21.3. The van der Waals surface area contributed by atoms with E-state index < -0.39 is 5.97 Å². The highest BCUT2D eigenvalue weighted by Crippen LogP contribution is 2.40. The molecule has 7 heteroatoms. The van der Waals surface area contributed by atoms with Gasteiger partial charge in [-0.25, -0.2) is 4.79 Å². The SMILES string of the molecule is O=C(O)/C=C/c1ccc(-c2cc(Cl)cc(Cl)c2Cc2cc3c(cc2Cl)OCO3)cc1. The maximum absolute atomic E-state index is 10.7. The van der Waals surface area contributed by atoms with E-state index in [2.05, 4.69) is 0 Å². The van der Waals surface area contributed by atoms with Crippen LogP contribution in [0.3, 0.4) is 0 Å². The first-order valence-electron chi connectivity index (χ1n) is 8.98. The third kappa shape index (κ3) is 4.41. The molecule has 3 aromatic carbocycles. The average Bonchev–Trinajstić information content (AvgIpc) is 3.15. The molecule has 0 spiro atoms. The maximum Gasteiger partial charge on any atom is 0.328 e. The van der Waals surface area contributed by atoms with Gasteiger partial charge in [0, 0.05) is 33.6 Å². The third-order valence-electron chi connectivity index (χ3n) is 4.71.